The summed E-state index contributed by atoms with van der Waals surface area (Å²) in [6.45, 7) is 1.75. The summed E-state index contributed by atoms with van der Waals surface area (Å²) in [5.74, 6) is 0. The van der Waals surface area contributed by atoms with E-state index in [-0.39, 0.29) is 5.69 Å². The number of thiazole rings is 1. The van der Waals surface area contributed by atoms with Gasteiger partial charge in [0.25, 0.3) is 5.69 Å². The first kappa shape index (κ1) is 13.0. The van der Waals surface area contributed by atoms with E-state index in [2.05, 4.69) is 15.6 Å². The predicted molar refractivity (Wildman–Crippen MR) is 72.6 cm³/mol. The maximum absolute atomic E-state index is 11.7. The van der Waals surface area contributed by atoms with Gasteiger partial charge in [-0.1, -0.05) is 6.07 Å². The molecule has 0 atom stereocenters. The van der Waals surface area contributed by atoms with Crippen molar-refractivity contribution < 1.29 is 9.72 Å². The highest BCUT2D eigenvalue weighted by Gasteiger charge is 2.11. The second-order valence-corrected chi connectivity index (χ2v) is 4.57. The van der Waals surface area contributed by atoms with E-state index in [1.807, 2.05) is 0 Å². The third kappa shape index (κ3) is 3.26. The van der Waals surface area contributed by atoms with Gasteiger partial charge in [-0.15, -0.1) is 11.3 Å². The monoisotopic (exact) mass is 278 g/mol. The Balaban J connectivity index is 2.11. The fourth-order valence-electron chi connectivity index (χ4n) is 1.39. The molecule has 7 nitrogen and oxygen atoms in total. The van der Waals surface area contributed by atoms with Crippen molar-refractivity contribution in [2.45, 2.75) is 6.92 Å². The van der Waals surface area contributed by atoms with Gasteiger partial charge in [-0.2, -0.15) is 0 Å². The van der Waals surface area contributed by atoms with Crippen molar-refractivity contribution in [1.29, 1.82) is 0 Å². The zero-order chi connectivity index (χ0) is 13.8. The van der Waals surface area contributed by atoms with Gasteiger partial charge in [0, 0.05) is 23.7 Å². The molecule has 1 heterocycles. The van der Waals surface area contributed by atoms with Crippen LogP contribution in [0.3, 0.4) is 0 Å². The number of nitro benzene ring substituents is 1. The number of benzene rings is 1. The molecule has 2 aromatic rings. The molecule has 8 heteroatoms. The minimum Gasteiger partial charge on any atom is -0.307 e. The van der Waals surface area contributed by atoms with E-state index in [9.17, 15) is 14.9 Å². The Bertz CT molecular complexity index is 612. The number of urea groups is 1. The third-order valence-electron chi connectivity index (χ3n) is 2.33. The number of hydrogen-bond donors (Lipinski definition) is 2. The van der Waals surface area contributed by atoms with Crippen LogP contribution in [-0.2, 0) is 0 Å². The number of anilines is 2. The number of rotatable bonds is 3. The van der Waals surface area contributed by atoms with Crippen LogP contribution in [0, 0.1) is 17.0 Å². The average Bonchev–Trinajstić information content (AvgIpc) is 2.84. The topological polar surface area (TPSA) is 97.2 Å². The zero-order valence-electron chi connectivity index (χ0n) is 9.91. The van der Waals surface area contributed by atoms with E-state index in [0.717, 1.165) is 5.56 Å². The Morgan fingerprint density at radius 1 is 1.42 bits per heavy atom. The van der Waals surface area contributed by atoms with Crippen molar-refractivity contribution in [3.8, 4) is 0 Å². The molecule has 0 spiro atoms. The van der Waals surface area contributed by atoms with Gasteiger partial charge < -0.3 is 5.32 Å². The van der Waals surface area contributed by atoms with Gasteiger partial charge in [-0.3, -0.25) is 15.4 Å². The lowest BCUT2D eigenvalue weighted by molar-refractivity contribution is -0.384. The van der Waals surface area contributed by atoms with Crippen LogP contribution in [0.2, 0.25) is 0 Å². The van der Waals surface area contributed by atoms with E-state index in [0.29, 0.717) is 10.8 Å². The molecule has 1 aromatic heterocycles. The van der Waals surface area contributed by atoms with Crippen molar-refractivity contribution in [3.05, 3.63) is 45.5 Å². The lowest BCUT2D eigenvalue weighted by Crippen LogP contribution is -2.19. The van der Waals surface area contributed by atoms with E-state index in [4.69, 9.17) is 0 Å². The van der Waals surface area contributed by atoms with Crippen molar-refractivity contribution >= 4 is 33.9 Å². The molecule has 0 saturated heterocycles. The lowest BCUT2D eigenvalue weighted by Gasteiger charge is -2.08. The van der Waals surface area contributed by atoms with Crippen LogP contribution in [-0.4, -0.2) is 15.9 Å². The summed E-state index contributed by atoms with van der Waals surface area (Å²) < 4.78 is 0. The molecule has 2 rings (SSSR count). The number of nitro groups is 1. The van der Waals surface area contributed by atoms with Crippen LogP contribution in [0.1, 0.15) is 5.56 Å². The Labute approximate surface area is 112 Å². The number of hydrogen-bond acceptors (Lipinski definition) is 5. The van der Waals surface area contributed by atoms with Gasteiger partial charge in [-0.25, -0.2) is 9.78 Å². The Morgan fingerprint density at radius 2 is 2.21 bits per heavy atom. The normalized spacial score (nSPS) is 9.95. The second-order valence-electron chi connectivity index (χ2n) is 3.67. The molecular weight excluding hydrogens is 268 g/mol. The number of nitrogens with zero attached hydrogens (tertiary/aromatic N) is 2. The Kier molecular flexibility index (Phi) is 3.71. The summed E-state index contributed by atoms with van der Waals surface area (Å²) >= 11 is 1.28. The van der Waals surface area contributed by atoms with Crippen LogP contribution in [0.25, 0.3) is 0 Å². The Morgan fingerprint density at radius 3 is 2.84 bits per heavy atom. The van der Waals surface area contributed by atoms with Crippen LogP contribution in [0.4, 0.5) is 21.3 Å². The molecule has 0 unspecified atom stereocenters. The van der Waals surface area contributed by atoms with Gasteiger partial charge in [0.1, 0.15) is 0 Å². The fourth-order valence-corrected chi connectivity index (χ4v) is 1.92. The standard InChI is InChI=1S/C11H10N4O3S/c1-7-2-3-8(15(17)18)6-9(7)13-10(16)14-11-12-4-5-19-11/h2-6H,1H3,(H2,12,13,14,16). The molecule has 2 amide bonds. The van der Waals surface area contributed by atoms with Crippen molar-refractivity contribution in [2.75, 3.05) is 10.6 Å². The first-order chi connectivity index (χ1) is 9.06. The SMILES string of the molecule is Cc1ccc([N+](=O)[O-])cc1NC(=O)Nc1nccs1. The van der Waals surface area contributed by atoms with Crippen LogP contribution < -0.4 is 10.6 Å². The number of amides is 2. The van der Waals surface area contributed by atoms with E-state index < -0.39 is 11.0 Å². The highest BCUT2D eigenvalue weighted by molar-refractivity contribution is 7.13. The number of aromatic nitrogens is 1. The van der Waals surface area contributed by atoms with Gasteiger partial charge in [0.15, 0.2) is 5.13 Å². The summed E-state index contributed by atoms with van der Waals surface area (Å²) in [6, 6.07) is 3.80. The molecule has 19 heavy (non-hydrogen) atoms. The summed E-state index contributed by atoms with van der Waals surface area (Å²) in [5, 5.41) is 18.0. The number of carbonyl (C=O) groups is 1. The summed E-state index contributed by atoms with van der Waals surface area (Å²) in [7, 11) is 0. The number of nitrogens with one attached hydrogen (secondary N) is 2. The van der Waals surface area contributed by atoms with E-state index >= 15 is 0 Å². The molecule has 0 aliphatic heterocycles. The highest BCUT2D eigenvalue weighted by atomic mass is 32.1. The number of non-ortho nitro benzene ring substituents is 1. The van der Waals surface area contributed by atoms with Crippen LogP contribution in [0.5, 0.6) is 0 Å². The first-order valence-corrected chi connectivity index (χ1v) is 6.17. The van der Waals surface area contributed by atoms with Crippen LogP contribution in [0.15, 0.2) is 29.8 Å². The molecular formula is C11H10N4O3S. The quantitative estimate of drug-likeness (QED) is 0.666. The van der Waals surface area contributed by atoms with Gasteiger partial charge in [0.05, 0.1) is 10.6 Å². The molecule has 98 valence electrons. The minimum atomic E-state index is -0.511. The van der Waals surface area contributed by atoms with Crippen molar-refractivity contribution in [1.82, 2.24) is 4.98 Å². The maximum atomic E-state index is 11.7. The molecule has 2 N–H and O–H groups in total. The van der Waals surface area contributed by atoms with Crippen LogP contribution >= 0.6 is 11.3 Å². The van der Waals surface area contributed by atoms with E-state index in [1.54, 1.807) is 24.6 Å². The number of carbonyl (C=O) groups excluding carboxylic acids is 1. The summed E-state index contributed by atoms with van der Waals surface area (Å²) in [5.41, 5.74) is 1.05. The second kappa shape index (κ2) is 5.44. The molecule has 1 aromatic carbocycles. The van der Waals surface area contributed by atoms with E-state index in [1.165, 1.54) is 23.5 Å². The zero-order valence-corrected chi connectivity index (χ0v) is 10.7. The summed E-state index contributed by atoms with van der Waals surface area (Å²) in [4.78, 5) is 25.8. The lowest BCUT2D eigenvalue weighted by atomic mass is 10.2. The van der Waals surface area contributed by atoms with Gasteiger partial charge >= 0.3 is 6.03 Å². The number of aryl methyl sites for hydroxylation is 1. The summed E-state index contributed by atoms with van der Waals surface area (Å²) in [6.07, 6.45) is 1.57. The molecule has 0 aliphatic carbocycles. The van der Waals surface area contributed by atoms with Gasteiger partial charge in [0.2, 0.25) is 0 Å². The molecule has 0 saturated carbocycles. The maximum Gasteiger partial charge on any atom is 0.325 e. The minimum absolute atomic E-state index is 0.0739. The van der Waals surface area contributed by atoms with Crippen molar-refractivity contribution in [3.63, 3.8) is 0 Å². The van der Waals surface area contributed by atoms with Crippen molar-refractivity contribution in [2.24, 2.45) is 0 Å². The first-order valence-electron chi connectivity index (χ1n) is 5.29. The average molecular weight is 278 g/mol. The Hall–Kier alpha value is -2.48. The molecule has 0 radical (unpaired) electrons. The smallest absolute Gasteiger partial charge is 0.307 e. The van der Waals surface area contributed by atoms with Gasteiger partial charge in [-0.05, 0) is 12.5 Å². The fraction of sp³-hybridized carbons (Fsp3) is 0.0909. The molecule has 0 bridgehead atoms. The highest BCUT2D eigenvalue weighted by Crippen LogP contribution is 2.22. The molecule has 0 aliphatic rings. The third-order valence-corrected chi connectivity index (χ3v) is 3.02. The largest absolute Gasteiger partial charge is 0.325 e. The predicted octanol–water partition coefficient (Wildman–Crippen LogP) is 3.00. The molecule has 0 fully saturated rings.